The number of Topliss-reactive ketones (excluding diaryl/α,β-unsaturated/α-hetero) is 1. The van der Waals surface area contributed by atoms with Gasteiger partial charge in [0.25, 0.3) is 0 Å². The van der Waals surface area contributed by atoms with Crippen LogP contribution in [0.3, 0.4) is 0 Å². The van der Waals surface area contributed by atoms with E-state index in [2.05, 4.69) is 0 Å². The Kier molecular flexibility index (Phi) is 5.58. The van der Waals surface area contributed by atoms with Gasteiger partial charge < -0.3 is 14.2 Å². The zero-order valence-corrected chi connectivity index (χ0v) is 13.7. The first-order valence-electron chi connectivity index (χ1n) is 7.16. The van der Waals surface area contributed by atoms with Gasteiger partial charge in [-0.05, 0) is 12.1 Å². The zero-order chi connectivity index (χ0) is 17.5. The third-order valence-electron chi connectivity index (χ3n) is 3.44. The normalized spacial score (nSPS) is 10.7. The third-order valence-corrected chi connectivity index (χ3v) is 3.44. The summed E-state index contributed by atoms with van der Waals surface area (Å²) in [5, 5.41) is 9.37. The highest BCUT2D eigenvalue weighted by molar-refractivity contribution is 6.14. The molecule has 0 saturated carbocycles. The van der Waals surface area contributed by atoms with E-state index in [0.717, 1.165) is 0 Å². The number of methoxy groups -OCH3 is 3. The van der Waals surface area contributed by atoms with Gasteiger partial charge in [-0.2, -0.15) is 5.26 Å². The molecule has 5 heteroatoms. The minimum absolute atomic E-state index is 0.00622. The van der Waals surface area contributed by atoms with E-state index in [9.17, 15) is 10.1 Å². The van der Waals surface area contributed by atoms with E-state index in [1.54, 1.807) is 36.4 Å². The number of allylic oxidation sites excluding steroid dienone is 1. The molecule has 0 unspecified atom stereocenters. The Labute approximate surface area is 140 Å². The molecule has 0 aliphatic rings. The van der Waals surface area contributed by atoms with E-state index in [1.807, 2.05) is 12.1 Å². The van der Waals surface area contributed by atoms with E-state index in [4.69, 9.17) is 14.2 Å². The van der Waals surface area contributed by atoms with Crippen molar-refractivity contribution >= 4 is 11.9 Å². The lowest BCUT2D eigenvalue weighted by Crippen LogP contribution is -2.02. The number of hydrogen-bond donors (Lipinski definition) is 0. The van der Waals surface area contributed by atoms with Crippen LogP contribution >= 0.6 is 0 Å². The first-order valence-corrected chi connectivity index (χ1v) is 7.16. The minimum Gasteiger partial charge on any atom is -0.496 e. The standard InChI is InChI=1S/C19H17NO4/c1-22-16-11-18(24-3)17(23-2)10-14(16)9-15(12-20)19(21)13-7-5-4-6-8-13/h4-11H,1-3H3. The fourth-order valence-electron chi connectivity index (χ4n) is 2.21. The van der Waals surface area contributed by atoms with Crippen molar-refractivity contribution < 1.29 is 19.0 Å². The van der Waals surface area contributed by atoms with Crippen LogP contribution in [0, 0.1) is 11.3 Å². The lowest BCUT2D eigenvalue weighted by atomic mass is 10.0. The second kappa shape index (κ2) is 7.84. The van der Waals surface area contributed by atoms with Crippen molar-refractivity contribution in [2.75, 3.05) is 21.3 Å². The maximum atomic E-state index is 12.5. The van der Waals surface area contributed by atoms with Crippen LogP contribution in [0.15, 0.2) is 48.0 Å². The van der Waals surface area contributed by atoms with E-state index in [0.29, 0.717) is 28.4 Å². The molecule has 2 aromatic rings. The Morgan fingerprint density at radius 3 is 2.08 bits per heavy atom. The number of carbonyl (C=O) groups excluding carboxylic acids is 1. The molecule has 0 atom stereocenters. The Balaban J connectivity index is 2.51. The Morgan fingerprint density at radius 1 is 0.958 bits per heavy atom. The number of nitriles is 1. The number of ether oxygens (including phenoxy) is 3. The minimum atomic E-state index is -0.352. The molecule has 0 aliphatic heterocycles. The highest BCUT2D eigenvalue weighted by Crippen LogP contribution is 2.35. The van der Waals surface area contributed by atoms with Gasteiger partial charge in [0.2, 0.25) is 5.78 Å². The molecule has 0 heterocycles. The molecule has 5 nitrogen and oxygen atoms in total. The molecular weight excluding hydrogens is 306 g/mol. The van der Waals surface area contributed by atoms with Crippen molar-refractivity contribution in [1.29, 1.82) is 5.26 Å². The van der Waals surface area contributed by atoms with Crippen LogP contribution in [0.2, 0.25) is 0 Å². The Bertz CT molecular complexity index is 804. The van der Waals surface area contributed by atoms with Gasteiger partial charge in [0.1, 0.15) is 17.4 Å². The number of hydrogen-bond acceptors (Lipinski definition) is 5. The fraction of sp³-hybridized carbons (Fsp3) is 0.158. The summed E-state index contributed by atoms with van der Waals surface area (Å²) in [4.78, 5) is 12.5. The van der Waals surface area contributed by atoms with Gasteiger partial charge in [-0.1, -0.05) is 30.3 Å². The molecule has 24 heavy (non-hydrogen) atoms. The van der Waals surface area contributed by atoms with Gasteiger partial charge in [0, 0.05) is 17.2 Å². The first kappa shape index (κ1) is 17.1. The van der Waals surface area contributed by atoms with E-state index in [1.165, 1.54) is 27.4 Å². The van der Waals surface area contributed by atoms with Crippen molar-refractivity contribution in [2.24, 2.45) is 0 Å². The molecule has 0 aliphatic carbocycles. The van der Waals surface area contributed by atoms with Crippen LogP contribution in [0.1, 0.15) is 15.9 Å². The number of benzene rings is 2. The SMILES string of the molecule is COc1cc(OC)c(OC)cc1C=C(C#N)C(=O)c1ccccc1. The molecule has 0 bridgehead atoms. The van der Waals surface area contributed by atoms with Crippen molar-refractivity contribution in [2.45, 2.75) is 0 Å². The summed E-state index contributed by atoms with van der Waals surface area (Å²) in [6, 6.07) is 13.9. The average Bonchev–Trinajstić information content (AvgIpc) is 2.65. The topological polar surface area (TPSA) is 68.6 Å². The van der Waals surface area contributed by atoms with Crippen LogP contribution in [-0.4, -0.2) is 27.1 Å². The zero-order valence-electron chi connectivity index (χ0n) is 13.7. The van der Waals surface area contributed by atoms with Gasteiger partial charge in [0.05, 0.1) is 21.3 Å². The molecule has 0 saturated heterocycles. The lowest BCUT2D eigenvalue weighted by molar-refractivity contribution is 0.104. The number of nitrogens with zero attached hydrogens (tertiary/aromatic N) is 1. The van der Waals surface area contributed by atoms with Gasteiger partial charge in [-0.15, -0.1) is 0 Å². The average molecular weight is 323 g/mol. The molecule has 0 amide bonds. The summed E-state index contributed by atoms with van der Waals surface area (Å²) >= 11 is 0. The summed E-state index contributed by atoms with van der Waals surface area (Å²) in [5.41, 5.74) is 1.01. The van der Waals surface area contributed by atoms with Crippen LogP contribution in [0.25, 0.3) is 6.08 Å². The van der Waals surface area contributed by atoms with Gasteiger partial charge in [-0.25, -0.2) is 0 Å². The molecule has 0 aromatic heterocycles. The smallest absolute Gasteiger partial charge is 0.203 e. The van der Waals surface area contributed by atoms with Crippen molar-refractivity contribution in [3.63, 3.8) is 0 Å². The second-order valence-electron chi connectivity index (χ2n) is 4.81. The molecule has 2 aromatic carbocycles. The lowest BCUT2D eigenvalue weighted by Gasteiger charge is -2.12. The molecule has 0 N–H and O–H groups in total. The maximum absolute atomic E-state index is 12.5. The van der Waals surface area contributed by atoms with E-state index < -0.39 is 0 Å². The van der Waals surface area contributed by atoms with Gasteiger partial charge in [-0.3, -0.25) is 4.79 Å². The Hall–Kier alpha value is -3.26. The monoisotopic (exact) mass is 323 g/mol. The van der Waals surface area contributed by atoms with Gasteiger partial charge >= 0.3 is 0 Å². The number of carbonyl (C=O) groups is 1. The second-order valence-corrected chi connectivity index (χ2v) is 4.81. The summed E-state index contributed by atoms with van der Waals surface area (Å²) in [6.45, 7) is 0. The van der Waals surface area contributed by atoms with Crippen molar-refractivity contribution in [3.8, 4) is 23.3 Å². The van der Waals surface area contributed by atoms with Crippen LogP contribution in [0.5, 0.6) is 17.2 Å². The molecule has 2 rings (SSSR count). The first-order chi connectivity index (χ1) is 11.6. The highest BCUT2D eigenvalue weighted by atomic mass is 16.5. The molecule has 0 fully saturated rings. The number of rotatable bonds is 6. The highest BCUT2D eigenvalue weighted by Gasteiger charge is 2.15. The maximum Gasteiger partial charge on any atom is 0.203 e. The Morgan fingerprint density at radius 2 is 1.54 bits per heavy atom. The summed E-state index contributed by atoms with van der Waals surface area (Å²) in [6.07, 6.45) is 1.48. The third kappa shape index (κ3) is 3.55. The largest absolute Gasteiger partial charge is 0.496 e. The van der Waals surface area contributed by atoms with Crippen molar-refractivity contribution in [1.82, 2.24) is 0 Å². The van der Waals surface area contributed by atoms with Gasteiger partial charge in [0.15, 0.2) is 11.5 Å². The molecule has 122 valence electrons. The summed E-state index contributed by atoms with van der Waals surface area (Å²) < 4.78 is 15.8. The quantitative estimate of drug-likeness (QED) is 0.462. The molecule has 0 spiro atoms. The van der Waals surface area contributed by atoms with Crippen LogP contribution < -0.4 is 14.2 Å². The predicted octanol–water partition coefficient (Wildman–Crippen LogP) is 3.50. The summed E-state index contributed by atoms with van der Waals surface area (Å²) in [7, 11) is 4.54. The fourth-order valence-corrected chi connectivity index (χ4v) is 2.21. The van der Waals surface area contributed by atoms with E-state index >= 15 is 0 Å². The predicted molar refractivity (Wildman–Crippen MR) is 90.5 cm³/mol. The van der Waals surface area contributed by atoms with Crippen LogP contribution in [0.4, 0.5) is 0 Å². The number of ketones is 1. The van der Waals surface area contributed by atoms with Crippen molar-refractivity contribution in [3.05, 3.63) is 59.2 Å². The molecule has 0 radical (unpaired) electrons. The molecular formula is C19H17NO4. The van der Waals surface area contributed by atoms with Crippen LogP contribution in [-0.2, 0) is 0 Å². The summed E-state index contributed by atoms with van der Waals surface area (Å²) in [5.74, 6) is 1.10. The van der Waals surface area contributed by atoms with E-state index in [-0.39, 0.29) is 11.4 Å².